The number of methoxy groups -OCH3 is 2. The number of ether oxygens (including phenoxy) is 2. The number of carbonyl (C=O) groups is 1. The normalized spacial score (nSPS) is 14.0. The van der Waals surface area contributed by atoms with E-state index in [2.05, 4.69) is 16.0 Å². The molecule has 1 fully saturated rings. The zero-order valence-electron chi connectivity index (χ0n) is 16.5. The summed E-state index contributed by atoms with van der Waals surface area (Å²) >= 11 is 1.48. The first kappa shape index (κ1) is 19.3. The average molecular weight is 410 g/mol. The first-order chi connectivity index (χ1) is 14.2. The van der Waals surface area contributed by atoms with E-state index in [0.717, 1.165) is 40.8 Å². The third kappa shape index (κ3) is 4.05. The minimum atomic E-state index is -0.0133. The van der Waals surface area contributed by atoms with E-state index in [9.17, 15) is 4.79 Å². The van der Waals surface area contributed by atoms with Crippen molar-refractivity contribution < 1.29 is 14.3 Å². The number of benzene rings is 2. The van der Waals surface area contributed by atoms with Crippen LogP contribution in [0.5, 0.6) is 11.5 Å². The summed E-state index contributed by atoms with van der Waals surface area (Å²) < 4.78 is 10.7. The van der Waals surface area contributed by atoms with Gasteiger partial charge >= 0.3 is 0 Å². The van der Waals surface area contributed by atoms with Crippen molar-refractivity contribution >= 4 is 22.9 Å². The van der Waals surface area contributed by atoms with Gasteiger partial charge < -0.3 is 19.3 Å². The van der Waals surface area contributed by atoms with E-state index in [0.29, 0.717) is 18.8 Å². The molecule has 0 saturated carbocycles. The van der Waals surface area contributed by atoms with E-state index in [1.54, 1.807) is 14.2 Å². The van der Waals surface area contributed by atoms with Gasteiger partial charge in [-0.05, 0) is 36.4 Å². The zero-order valence-corrected chi connectivity index (χ0v) is 17.3. The lowest BCUT2D eigenvalue weighted by molar-refractivity contribution is 0.0741. The van der Waals surface area contributed by atoms with Gasteiger partial charge in [0.25, 0.3) is 5.91 Å². The molecular weight excluding hydrogens is 386 g/mol. The fourth-order valence-corrected chi connectivity index (χ4v) is 4.24. The summed E-state index contributed by atoms with van der Waals surface area (Å²) in [5, 5.41) is 2.68. The van der Waals surface area contributed by atoms with E-state index in [1.165, 1.54) is 11.3 Å². The van der Waals surface area contributed by atoms with Crippen molar-refractivity contribution in [2.75, 3.05) is 45.3 Å². The molecule has 0 atom stereocenters. The van der Waals surface area contributed by atoms with Crippen molar-refractivity contribution in [3.05, 3.63) is 59.6 Å². The summed E-state index contributed by atoms with van der Waals surface area (Å²) in [5.74, 6) is 1.64. The Kier molecular flexibility index (Phi) is 5.67. The van der Waals surface area contributed by atoms with Gasteiger partial charge in [0.2, 0.25) is 0 Å². The minimum Gasteiger partial charge on any atom is -0.497 e. The van der Waals surface area contributed by atoms with Crippen molar-refractivity contribution in [2.24, 2.45) is 0 Å². The number of hydrogen-bond acceptors (Lipinski definition) is 6. The van der Waals surface area contributed by atoms with Crippen LogP contribution in [0.3, 0.4) is 0 Å². The van der Waals surface area contributed by atoms with Crippen LogP contribution in [0.15, 0.2) is 53.9 Å². The van der Waals surface area contributed by atoms with Gasteiger partial charge in [-0.3, -0.25) is 4.79 Å². The highest BCUT2D eigenvalue weighted by Crippen LogP contribution is 2.29. The van der Waals surface area contributed by atoms with Crippen LogP contribution in [-0.2, 0) is 0 Å². The van der Waals surface area contributed by atoms with Crippen LogP contribution >= 0.6 is 11.3 Å². The second-order valence-electron chi connectivity index (χ2n) is 6.72. The van der Waals surface area contributed by atoms with Gasteiger partial charge in [0, 0.05) is 37.1 Å². The SMILES string of the molecule is COc1ccc(-c2nc(C(=O)N3CCN(c4ccccc4OC)CC3)cs2)cc1. The van der Waals surface area contributed by atoms with Gasteiger partial charge in [-0.2, -0.15) is 0 Å². The Balaban J connectivity index is 1.41. The van der Waals surface area contributed by atoms with E-state index < -0.39 is 0 Å². The molecule has 3 aromatic rings. The molecule has 4 rings (SSSR count). The van der Waals surface area contributed by atoms with E-state index in [4.69, 9.17) is 9.47 Å². The van der Waals surface area contributed by atoms with Crippen molar-refractivity contribution in [2.45, 2.75) is 0 Å². The molecule has 1 amide bonds. The fourth-order valence-electron chi connectivity index (χ4n) is 3.44. The Morgan fingerprint density at radius 2 is 1.69 bits per heavy atom. The number of aromatic nitrogens is 1. The second kappa shape index (κ2) is 8.53. The number of rotatable bonds is 5. The molecule has 1 aliphatic heterocycles. The van der Waals surface area contributed by atoms with Crippen molar-refractivity contribution in [1.82, 2.24) is 9.88 Å². The molecule has 2 heterocycles. The topological polar surface area (TPSA) is 54.9 Å². The van der Waals surface area contributed by atoms with E-state index >= 15 is 0 Å². The molecular formula is C22H23N3O3S. The van der Waals surface area contributed by atoms with E-state index in [1.807, 2.05) is 52.7 Å². The van der Waals surface area contributed by atoms with Crippen LogP contribution in [0.1, 0.15) is 10.5 Å². The summed E-state index contributed by atoms with van der Waals surface area (Å²) in [6, 6.07) is 15.7. The van der Waals surface area contributed by atoms with Gasteiger partial charge in [-0.25, -0.2) is 4.98 Å². The molecule has 0 unspecified atom stereocenters. The maximum atomic E-state index is 12.9. The molecule has 0 radical (unpaired) electrons. The van der Waals surface area contributed by atoms with Gasteiger partial charge in [-0.1, -0.05) is 12.1 Å². The monoisotopic (exact) mass is 409 g/mol. The second-order valence-corrected chi connectivity index (χ2v) is 7.58. The Morgan fingerprint density at radius 1 is 0.966 bits per heavy atom. The minimum absolute atomic E-state index is 0.0133. The van der Waals surface area contributed by atoms with Gasteiger partial charge in [0.1, 0.15) is 22.2 Å². The first-order valence-electron chi connectivity index (χ1n) is 9.47. The Labute approximate surface area is 174 Å². The van der Waals surface area contributed by atoms with Crippen molar-refractivity contribution in [3.8, 4) is 22.1 Å². The van der Waals surface area contributed by atoms with Crippen LogP contribution < -0.4 is 14.4 Å². The van der Waals surface area contributed by atoms with Gasteiger partial charge in [0.15, 0.2) is 0 Å². The molecule has 1 aromatic heterocycles. The molecule has 6 nitrogen and oxygen atoms in total. The summed E-state index contributed by atoms with van der Waals surface area (Å²) in [4.78, 5) is 21.6. The molecule has 1 saturated heterocycles. The molecule has 0 N–H and O–H groups in total. The lowest BCUT2D eigenvalue weighted by Crippen LogP contribution is -2.49. The largest absolute Gasteiger partial charge is 0.497 e. The van der Waals surface area contributed by atoms with Crippen LogP contribution in [0.2, 0.25) is 0 Å². The van der Waals surface area contributed by atoms with Crippen molar-refractivity contribution in [1.29, 1.82) is 0 Å². The third-order valence-corrected chi connectivity index (χ3v) is 5.94. The summed E-state index contributed by atoms with van der Waals surface area (Å²) in [7, 11) is 3.32. The number of hydrogen-bond donors (Lipinski definition) is 0. The fraction of sp³-hybridized carbons (Fsp3) is 0.273. The standard InChI is InChI=1S/C22H23N3O3S/c1-27-17-9-7-16(8-10-17)21-23-18(15-29-21)22(26)25-13-11-24(12-14-25)19-5-3-4-6-20(19)28-2/h3-10,15H,11-14H2,1-2H3. The van der Waals surface area contributed by atoms with Crippen LogP contribution in [0, 0.1) is 0 Å². The predicted octanol–water partition coefficient (Wildman–Crippen LogP) is 3.79. The lowest BCUT2D eigenvalue weighted by atomic mass is 10.2. The number of amides is 1. The maximum absolute atomic E-state index is 12.9. The first-order valence-corrected chi connectivity index (χ1v) is 10.3. The Hall–Kier alpha value is -3.06. The molecule has 7 heteroatoms. The smallest absolute Gasteiger partial charge is 0.273 e. The Bertz CT molecular complexity index is 979. The predicted molar refractivity (Wildman–Crippen MR) is 115 cm³/mol. The van der Waals surface area contributed by atoms with E-state index in [-0.39, 0.29) is 5.91 Å². The average Bonchev–Trinajstić information content (AvgIpc) is 3.29. The van der Waals surface area contributed by atoms with Gasteiger partial charge in [0.05, 0.1) is 19.9 Å². The number of nitrogens with zero attached hydrogens (tertiary/aromatic N) is 3. The van der Waals surface area contributed by atoms with Crippen molar-refractivity contribution in [3.63, 3.8) is 0 Å². The number of anilines is 1. The number of piperazine rings is 1. The molecule has 2 aromatic carbocycles. The van der Waals surface area contributed by atoms with Crippen LogP contribution in [-0.4, -0.2) is 56.2 Å². The molecule has 1 aliphatic rings. The maximum Gasteiger partial charge on any atom is 0.273 e. The van der Waals surface area contributed by atoms with Crippen LogP contribution in [0.25, 0.3) is 10.6 Å². The highest BCUT2D eigenvalue weighted by molar-refractivity contribution is 7.13. The summed E-state index contributed by atoms with van der Waals surface area (Å²) in [6.07, 6.45) is 0. The summed E-state index contributed by atoms with van der Waals surface area (Å²) in [6.45, 7) is 2.85. The van der Waals surface area contributed by atoms with Gasteiger partial charge in [-0.15, -0.1) is 11.3 Å². The third-order valence-electron chi connectivity index (χ3n) is 5.05. The number of carbonyl (C=O) groups excluding carboxylic acids is 1. The molecule has 0 spiro atoms. The Morgan fingerprint density at radius 3 is 2.38 bits per heavy atom. The molecule has 0 bridgehead atoms. The molecule has 0 aliphatic carbocycles. The van der Waals surface area contributed by atoms with Crippen LogP contribution in [0.4, 0.5) is 5.69 Å². The molecule has 150 valence electrons. The quantitative estimate of drug-likeness (QED) is 0.642. The highest BCUT2D eigenvalue weighted by Gasteiger charge is 2.25. The lowest BCUT2D eigenvalue weighted by Gasteiger charge is -2.36. The molecule has 29 heavy (non-hydrogen) atoms. The highest BCUT2D eigenvalue weighted by atomic mass is 32.1. The number of thiazole rings is 1. The zero-order chi connectivity index (χ0) is 20.2. The number of para-hydroxylation sites is 2. The summed E-state index contributed by atoms with van der Waals surface area (Å²) in [5.41, 5.74) is 2.56.